The summed E-state index contributed by atoms with van der Waals surface area (Å²) in [6.45, 7) is 5.10. The first kappa shape index (κ1) is 41.7. The number of ether oxygens (including phenoxy) is 1. The summed E-state index contributed by atoms with van der Waals surface area (Å²) in [5.74, 6) is -3.69. The molecule has 0 bridgehead atoms. The summed E-state index contributed by atoms with van der Waals surface area (Å²) in [7, 11) is 3.15. The van der Waals surface area contributed by atoms with E-state index in [-0.39, 0.29) is 41.9 Å². The largest absolute Gasteiger partial charge is 0.444 e. The van der Waals surface area contributed by atoms with Crippen molar-refractivity contribution in [1.29, 1.82) is 0 Å². The number of alkyl carbamates (subject to hydrolysis) is 1. The molecule has 1 heterocycles. The number of carbonyl (C=O) groups is 7. The third kappa shape index (κ3) is 10.8. The Balaban J connectivity index is 1.29. The van der Waals surface area contributed by atoms with Crippen molar-refractivity contribution in [2.75, 3.05) is 27.2 Å². The van der Waals surface area contributed by atoms with Crippen LogP contribution < -0.4 is 21.3 Å². The van der Waals surface area contributed by atoms with Crippen molar-refractivity contribution in [2.45, 2.75) is 128 Å². The van der Waals surface area contributed by atoms with Gasteiger partial charge in [0.05, 0.1) is 12.6 Å². The van der Waals surface area contributed by atoms with E-state index in [1.54, 1.807) is 70.1 Å². The minimum absolute atomic E-state index is 0.101. The lowest BCUT2D eigenvalue weighted by Gasteiger charge is -2.36. The molecule has 14 heteroatoms. The molecule has 1 saturated heterocycles. The number of carbonyl (C=O) groups excluding carboxylic acids is 7. The fourth-order valence-electron chi connectivity index (χ4n) is 8.69. The third-order valence-electron chi connectivity index (χ3n) is 11.7. The van der Waals surface area contributed by atoms with Crippen molar-refractivity contribution in [1.82, 2.24) is 31.1 Å². The normalized spacial score (nSPS) is 22.9. The molecule has 302 valence electrons. The van der Waals surface area contributed by atoms with Gasteiger partial charge in [-0.1, -0.05) is 75.3 Å². The summed E-state index contributed by atoms with van der Waals surface area (Å²) >= 11 is 0. The van der Waals surface area contributed by atoms with Gasteiger partial charge in [0.1, 0.15) is 23.7 Å². The van der Waals surface area contributed by atoms with Gasteiger partial charge < -0.3 is 35.8 Å². The molecule has 0 spiro atoms. The molecule has 3 saturated carbocycles. The molecule has 1 aromatic rings. The van der Waals surface area contributed by atoms with Crippen LogP contribution in [0.2, 0.25) is 0 Å². The van der Waals surface area contributed by atoms with E-state index in [4.69, 9.17) is 4.74 Å². The number of likely N-dealkylation sites (N-methyl/N-ethyl adjacent to an activating group) is 1. The average Bonchev–Trinajstić information content (AvgIpc) is 3.74. The molecule has 0 aromatic heterocycles. The van der Waals surface area contributed by atoms with Crippen LogP contribution in [-0.4, -0.2) is 102 Å². The highest BCUT2D eigenvalue weighted by Crippen LogP contribution is 2.43. The van der Waals surface area contributed by atoms with Gasteiger partial charge in [-0.2, -0.15) is 0 Å². The number of likely N-dealkylation sites (tertiary alicyclic amines) is 1. The van der Waals surface area contributed by atoms with Crippen molar-refractivity contribution < 1.29 is 38.3 Å². The standard InChI is InChI=1S/C41H60N6O8/c1-41(2,3)55-40(54)45-33(27-18-10-7-11-19-27)39(53)47-24-28-20-13-21-29(28)34(47)36(50)43-30(22-25-14-12-15-25)35(49)37(51)42-23-31(48)44-32(38(52)46(4)5)26-16-8-6-9-17-26/h6,8-9,16-17,25,27-30,32-34H,7,10-15,18-24H2,1-5H3,(H,42,51)(H,43,50)(H,44,48)(H,45,54)/t28-,29-,30?,32?,33?,34?/m0/s1. The fraction of sp³-hybridized carbons (Fsp3) is 0.683. The highest BCUT2D eigenvalue weighted by atomic mass is 16.6. The van der Waals surface area contributed by atoms with E-state index in [9.17, 15) is 33.6 Å². The van der Waals surface area contributed by atoms with Gasteiger partial charge in [0, 0.05) is 20.6 Å². The Morgan fingerprint density at radius 1 is 0.836 bits per heavy atom. The first-order chi connectivity index (χ1) is 26.1. The molecule has 4 N–H and O–H groups in total. The van der Waals surface area contributed by atoms with E-state index < -0.39 is 65.9 Å². The molecule has 5 rings (SSSR count). The molecule has 4 unspecified atom stereocenters. The van der Waals surface area contributed by atoms with Gasteiger partial charge in [0.2, 0.25) is 29.4 Å². The number of hydrogen-bond donors (Lipinski definition) is 4. The maximum Gasteiger partial charge on any atom is 0.408 e. The van der Waals surface area contributed by atoms with Crippen LogP contribution in [-0.2, 0) is 33.5 Å². The van der Waals surface area contributed by atoms with Crippen LogP contribution in [0.1, 0.15) is 109 Å². The van der Waals surface area contributed by atoms with Crippen LogP contribution in [0.5, 0.6) is 0 Å². The minimum Gasteiger partial charge on any atom is -0.444 e. The zero-order valence-electron chi connectivity index (χ0n) is 33.1. The van der Waals surface area contributed by atoms with Crippen LogP contribution in [0, 0.1) is 23.7 Å². The van der Waals surface area contributed by atoms with E-state index in [1.807, 2.05) is 0 Å². The molecular formula is C41H60N6O8. The zero-order chi connectivity index (χ0) is 39.9. The van der Waals surface area contributed by atoms with Crippen LogP contribution >= 0.6 is 0 Å². The Bertz CT molecular complexity index is 1570. The smallest absolute Gasteiger partial charge is 0.408 e. The van der Waals surface area contributed by atoms with Crippen molar-refractivity contribution in [3.63, 3.8) is 0 Å². The highest BCUT2D eigenvalue weighted by molar-refractivity contribution is 6.38. The molecule has 1 aromatic carbocycles. The van der Waals surface area contributed by atoms with Crippen LogP contribution in [0.3, 0.4) is 0 Å². The maximum atomic E-state index is 14.5. The number of amides is 6. The third-order valence-corrected chi connectivity index (χ3v) is 11.7. The molecule has 6 atom stereocenters. The summed E-state index contributed by atoms with van der Waals surface area (Å²) in [4.78, 5) is 97.9. The second-order valence-electron chi connectivity index (χ2n) is 17.1. The van der Waals surface area contributed by atoms with Gasteiger partial charge >= 0.3 is 6.09 Å². The lowest BCUT2D eigenvalue weighted by Crippen LogP contribution is -2.59. The average molecular weight is 765 g/mol. The number of hydrogen-bond acceptors (Lipinski definition) is 8. The van der Waals surface area contributed by atoms with Crippen LogP contribution in [0.15, 0.2) is 30.3 Å². The van der Waals surface area contributed by atoms with Gasteiger partial charge in [0.15, 0.2) is 0 Å². The van der Waals surface area contributed by atoms with Gasteiger partial charge in [-0.05, 0) is 82.1 Å². The second kappa shape index (κ2) is 18.4. The topological polar surface area (TPSA) is 183 Å². The molecule has 0 radical (unpaired) electrons. The summed E-state index contributed by atoms with van der Waals surface area (Å²) in [6.07, 6.45) is 9.31. The monoisotopic (exact) mass is 764 g/mol. The Kier molecular flexibility index (Phi) is 14.0. The number of fused-ring (bicyclic) bond motifs is 1. The number of ketones is 1. The minimum atomic E-state index is -1.15. The van der Waals surface area contributed by atoms with Gasteiger partial charge in [-0.3, -0.25) is 28.8 Å². The molecular weight excluding hydrogens is 704 g/mol. The number of rotatable bonds is 14. The molecule has 3 aliphatic carbocycles. The first-order valence-electron chi connectivity index (χ1n) is 20.1. The summed E-state index contributed by atoms with van der Waals surface area (Å²) < 4.78 is 5.55. The Morgan fingerprint density at radius 2 is 1.51 bits per heavy atom. The zero-order valence-corrected chi connectivity index (χ0v) is 33.1. The Hall–Kier alpha value is -4.49. The molecule has 4 fully saturated rings. The molecule has 4 aliphatic rings. The van der Waals surface area contributed by atoms with E-state index in [1.165, 1.54) is 4.90 Å². The lowest BCUT2D eigenvalue weighted by atomic mass is 9.80. The SMILES string of the molecule is CN(C)C(=O)C(NC(=O)CNC(=O)C(=O)C(CC1CCC1)NC(=O)C1[C@H]2CCC[C@H]2CN1C(=O)C(NC(=O)OC(C)(C)C)C1CCCCC1)c1ccccc1. The predicted molar refractivity (Wildman–Crippen MR) is 204 cm³/mol. The van der Waals surface area contributed by atoms with Gasteiger partial charge in [-0.15, -0.1) is 0 Å². The number of benzene rings is 1. The van der Waals surface area contributed by atoms with E-state index in [0.29, 0.717) is 12.1 Å². The molecule has 6 amide bonds. The number of Topliss-reactive ketones (excluding diaryl/α,β-unsaturated/α-hetero) is 1. The predicted octanol–water partition coefficient (Wildman–Crippen LogP) is 3.39. The quantitative estimate of drug-likeness (QED) is 0.208. The van der Waals surface area contributed by atoms with Crippen molar-refractivity contribution in [2.24, 2.45) is 23.7 Å². The Labute approximate surface area is 324 Å². The highest BCUT2D eigenvalue weighted by Gasteiger charge is 2.52. The van der Waals surface area contributed by atoms with Crippen molar-refractivity contribution in [3.8, 4) is 0 Å². The first-order valence-corrected chi connectivity index (χ1v) is 20.1. The van der Waals surface area contributed by atoms with E-state index in [0.717, 1.165) is 70.6 Å². The lowest BCUT2D eigenvalue weighted by molar-refractivity contribution is -0.144. The maximum absolute atomic E-state index is 14.5. The van der Waals surface area contributed by atoms with Crippen molar-refractivity contribution >= 4 is 41.4 Å². The summed E-state index contributed by atoms with van der Waals surface area (Å²) in [6, 6.07) is 4.85. The molecule has 1 aliphatic heterocycles. The van der Waals surface area contributed by atoms with Crippen molar-refractivity contribution in [3.05, 3.63) is 35.9 Å². The molecule has 55 heavy (non-hydrogen) atoms. The van der Waals surface area contributed by atoms with E-state index in [2.05, 4.69) is 21.3 Å². The van der Waals surface area contributed by atoms with Gasteiger partial charge in [0.25, 0.3) is 5.91 Å². The number of nitrogens with one attached hydrogen (secondary N) is 4. The summed E-state index contributed by atoms with van der Waals surface area (Å²) in [5, 5.41) is 10.8. The van der Waals surface area contributed by atoms with E-state index >= 15 is 0 Å². The molecule has 14 nitrogen and oxygen atoms in total. The summed E-state index contributed by atoms with van der Waals surface area (Å²) in [5.41, 5.74) is -0.194. The Morgan fingerprint density at radius 3 is 2.13 bits per heavy atom. The van der Waals surface area contributed by atoms with Crippen LogP contribution in [0.25, 0.3) is 0 Å². The second-order valence-corrected chi connectivity index (χ2v) is 17.1. The van der Waals surface area contributed by atoms with Crippen LogP contribution in [0.4, 0.5) is 4.79 Å². The number of nitrogens with zero attached hydrogens (tertiary/aromatic N) is 2. The van der Waals surface area contributed by atoms with Gasteiger partial charge in [-0.25, -0.2) is 4.79 Å². The fourth-order valence-corrected chi connectivity index (χ4v) is 8.69.